The van der Waals surface area contributed by atoms with Crippen molar-refractivity contribution in [3.63, 3.8) is 0 Å². The molecule has 4 aliphatic carbocycles. The Labute approximate surface area is 435 Å². The zero-order valence-electron chi connectivity index (χ0n) is 37.7. The molecule has 19 heteroatoms. The van der Waals surface area contributed by atoms with Gasteiger partial charge in [0.2, 0.25) is 0 Å². The number of aliphatic hydroxyl groups is 2. The first-order valence-electron chi connectivity index (χ1n) is 23.2. The SMILES string of the molecule is O=C(O)c1ccc2nc(C3(O)CCC(OCc4c(-c5c(Cl)cccc5Cl)noc4C4CC4)C3)sc2c1.[C-]#[N+]c1ccc2nc(C3(O)CCC(OCc4c(-c5c(Cl)cccc5Cl)noc4C4CC4)C3)sc2c1. The first-order chi connectivity index (χ1) is 34.3. The maximum Gasteiger partial charge on any atom is 0.335 e. The van der Waals surface area contributed by atoms with Crippen LogP contribution in [0.25, 0.3) is 47.8 Å². The Morgan fingerprint density at radius 2 is 1.13 bits per heavy atom. The van der Waals surface area contributed by atoms with Gasteiger partial charge in [-0.05, 0) is 106 Å². The van der Waals surface area contributed by atoms with Crippen molar-refractivity contribution in [3.05, 3.63) is 143 Å². The lowest BCUT2D eigenvalue weighted by atomic mass is 10.0. The van der Waals surface area contributed by atoms with Gasteiger partial charge in [0.15, 0.2) is 5.69 Å². The van der Waals surface area contributed by atoms with Gasteiger partial charge in [0.05, 0.1) is 73.4 Å². The largest absolute Gasteiger partial charge is 0.478 e. The fourth-order valence-corrected chi connectivity index (χ4v) is 13.0. The van der Waals surface area contributed by atoms with Crippen LogP contribution in [0.5, 0.6) is 0 Å². The topological polar surface area (TPSA) is 178 Å². The molecule has 4 unspecified atom stereocenters. The number of hydrogen-bond acceptors (Lipinski definition) is 13. The van der Waals surface area contributed by atoms with Gasteiger partial charge in [0, 0.05) is 51.6 Å². The molecule has 0 bridgehead atoms. The summed E-state index contributed by atoms with van der Waals surface area (Å²) >= 11 is 28.6. The lowest BCUT2D eigenvalue weighted by Crippen LogP contribution is -2.23. The van der Waals surface area contributed by atoms with E-state index in [1.807, 2.05) is 12.1 Å². The molecule has 4 aliphatic rings. The van der Waals surface area contributed by atoms with Crippen molar-refractivity contribution in [3.8, 4) is 22.5 Å². The first-order valence-corrected chi connectivity index (χ1v) is 26.4. The number of rotatable bonds is 13. The number of hydrogen-bond donors (Lipinski definition) is 3. The van der Waals surface area contributed by atoms with E-state index < -0.39 is 17.2 Å². The molecule has 0 aliphatic heterocycles. The lowest BCUT2D eigenvalue weighted by molar-refractivity contribution is -0.00154. The fraction of sp³-hybridized carbons (Fsp3) is 0.346. The van der Waals surface area contributed by atoms with E-state index in [0.717, 1.165) is 63.2 Å². The van der Waals surface area contributed by atoms with Crippen LogP contribution in [0.2, 0.25) is 20.1 Å². The van der Waals surface area contributed by atoms with E-state index in [2.05, 4.69) is 25.1 Å². The van der Waals surface area contributed by atoms with Crippen LogP contribution in [0.15, 0.2) is 81.8 Å². The maximum absolute atomic E-state index is 11.4. The van der Waals surface area contributed by atoms with Crippen molar-refractivity contribution in [2.24, 2.45) is 0 Å². The summed E-state index contributed by atoms with van der Waals surface area (Å²) in [5.74, 6) is 1.34. The Morgan fingerprint density at radius 1 is 0.676 bits per heavy atom. The highest BCUT2D eigenvalue weighted by Crippen LogP contribution is 2.50. The molecule has 4 aromatic heterocycles. The summed E-state index contributed by atoms with van der Waals surface area (Å²) in [6.45, 7) is 7.80. The smallest absolute Gasteiger partial charge is 0.335 e. The van der Waals surface area contributed by atoms with Crippen LogP contribution in [0.1, 0.15) is 119 Å². The van der Waals surface area contributed by atoms with Gasteiger partial charge in [0.25, 0.3) is 0 Å². The summed E-state index contributed by atoms with van der Waals surface area (Å²) < 4.78 is 25.7. The van der Waals surface area contributed by atoms with Crippen LogP contribution in [0.4, 0.5) is 5.69 Å². The number of thiazole rings is 2. The zero-order chi connectivity index (χ0) is 49.2. The van der Waals surface area contributed by atoms with Gasteiger partial charge < -0.3 is 33.8 Å². The van der Waals surface area contributed by atoms with Crippen molar-refractivity contribution in [1.82, 2.24) is 20.3 Å². The van der Waals surface area contributed by atoms with Gasteiger partial charge in [0.1, 0.15) is 44.1 Å². The van der Waals surface area contributed by atoms with E-state index in [1.165, 1.54) is 28.7 Å². The predicted molar refractivity (Wildman–Crippen MR) is 273 cm³/mol. The van der Waals surface area contributed by atoms with Gasteiger partial charge in [-0.15, -0.1) is 22.7 Å². The summed E-state index contributed by atoms with van der Waals surface area (Å²) in [5, 5.41) is 44.0. The molecule has 364 valence electrons. The number of aromatic nitrogens is 4. The molecular formula is C52H43Cl4N5O8S2. The third kappa shape index (κ3) is 9.72. The molecule has 4 fully saturated rings. The van der Waals surface area contributed by atoms with E-state index in [-0.39, 0.29) is 24.4 Å². The number of carbonyl (C=O) groups is 1. The van der Waals surface area contributed by atoms with Gasteiger partial charge in [-0.2, -0.15) is 0 Å². The number of carboxylic acids is 1. The second-order valence-electron chi connectivity index (χ2n) is 18.7. The Kier molecular flexibility index (Phi) is 13.3. The number of halogens is 4. The molecule has 71 heavy (non-hydrogen) atoms. The van der Waals surface area contributed by atoms with Crippen LogP contribution in [0, 0.1) is 6.57 Å². The molecular weight excluding hydrogens is 1030 g/mol. The normalized spacial score (nSPS) is 22.0. The van der Waals surface area contributed by atoms with Crippen molar-refractivity contribution in [1.29, 1.82) is 0 Å². The molecule has 3 N–H and O–H groups in total. The Bertz CT molecular complexity index is 3360. The highest BCUT2D eigenvalue weighted by molar-refractivity contribution is 7.19. The van der Waals surface area contributed by atoms with Crippen LogP contribution < -0.4 is 0 Å². The van der Waals surface area contributed by atoms with Gasteiger partial charge in [-0.25, -0.2) is 19.6 Å². The van der Waals surface area contributed by atoms with E-state index in [4.69, 9.17) is 71.5 Å². The van der Waals surface area contributed by atoms with Crippen molar-refractivity contribution in [2.75, 3.05) is 0 Å². The molecule has 4 atom stereocenters. The minimum Gasteiger partial charge on any atom is -0.478 e. The van der Waals surface area contributed by atoms with Crippen LogP contribution in [0.3, 0.4) is 0 Å². The van der Waals surface area contributed by atoms with E-state index in [0.29, 0.717) is 121 Å². The molecule has 0 radical (unpaired) electrons. The number of ether oxygens (including phenoxy) is 2. The van der Waals surface area contributed by atoms with Crippen LogP contribution in [-0.2, 0) is 33.9 Å². The fourth-order valence-electron chi connectivity index (χ4n) is 9.57. The molecule has 12 rings (SSSR count). The molecule has 0 amide bonds. The van der Waals surface area contributed by atoms with Crippen molar-refractivity contribution >= 4 is 101 Å². The summed E-state index contributed by atoms with van der Waals surface area (Å²) in [6, 6.07) is 20.9. The Balaban J connectivity index is 0.000000154. The van der Waals surface area contributed by atoms with Crippen LogP contribution >= 0.6 is 69.1 Å². The summed E-state index contributed by atoms with van der Waals surface area (Å²) in [4.78, 5) is 24.0. The monoisotopic (exact) mass is 1070 g/mol. The Hall–Kier alpha value is -4.96. The van der Waals surface area contributed by atoms with Crippen molar-refractivity contribution < 1.29 is 38.6 Å². The average Bonchev–Trinajstić information content (AvgIpc) is 3.97. The van der Waals surface area contributed by atoms with Gasteiger partial charge in [-0.1, -0.05) is 74.9 Å². The van der Waals surface area contributed by atoms with Gasteiger partial charge in [-0.3, -0.25) is 0 Å². The van der Waals surface area contributed by atoms with Crippen molar-refractivity contribution in [2.45, 2.75) is 113 Å². The third-order valence-electron chi connectivity index (χ3n) is 13.7. The van der Waals surface area contributed by atoms with E-state index in [9.17, 15) is 20.1 Å². The number of carboxylic acid groups (broad SMARTS) is 1. The zero-order valence-corrected chi connectivity index (χ0v) is 42.3. The predicted octanol–water partition coefficient (Wildman–Crippen LogP) is 14.4. The number of aromatic carboxylic acids is 1. The summed E-state index contributed by atoms with van der Waals surface area (Å²) in [7, 11) is 0. The molecule has 13 nitrogen and oxygen atoms in total. The average molecular weight is 1070 g/mol. The standard InChI is InChI=1S/C26H21Cl2N3O3S.C26H22Cl2N2O5S/c1-29-15-7-8-20-21(11-15)35-25(30-20)26(32)10-9-16(12-26)33-13-17-23(31-34-24(17)14-5-6-14)22-18(27)3-2-4-19(22)28;27-17-2-1-3-18(28)21(17)22-16(23(35-30-22)13-4-5-13)12-34-15-8-9-26(33,11-15)25-29-19-7-6-14(24(31)32)10-20(19)36-25/h2-4,7-8,11,14,16,32H,5-6,9-10,12-13H2;1-3,6-7,10,13,15,33H,4-5,8-9,11-12H2,(H,31,32). The second-order valence-corrected chi connectivity index (χ2v) is 22.4. The minimum absolute atomic E-state index is 0.137. The number of fused-ring (bicyclic) bond motifs is 2. The molecule has 4 saturated carbocycles. The number of benzene rings is 4. The third-order valence-corrected chi connectivity index (χ3v) is 17.4. The lowest BCUT2D eigenvalue weighted by Gasteiger charge is -2.20. The Morgan fingerprint density at radius 3 is 1.56 bits per heavy atom. The highest BCUT2D eigenvalue weighted by atomic mass is 35.5. The maximum atomic E-state index is 11.4. The molecule has 0 saturated heterocycles. The number of nitrogens with zero attached hydrogens (tertiary/aromatic N) is 5. The molecule has 4 aromatic carbocycles. The van der Waals surface area contributed by atoms with E-state index >= 15 is 0 Å². The molecule has 0 spiro atoms. The quantitative estimate of drug-likeness (QED) is 0.0932. The first kappa shape index (κ1) is 48.3. The molecule has 8 aromatic rings. The minimum atomic E-state index is -1.12. The molecule has 4 heterocycles. The summed E-state index contributed by atoms with van der Waals surface area (Å²) in [6.07, 6.45) is 7.19. The second kappa shape index (κ2) is 19.5. The summed E-state index contributed by atoms with van der Waals surface area (Å²) in [5.41, 5.74) is 4.32. The van der Waals surface area contributed by atoms with Crippen LogP contribution in [-0.4, -0.2) is 53.8 Å². The van der Waals surface area contributed by atoms with Gasteiger partial charge >= 0.3 is 5.97 Å². The highest BCUT2D eigenvalue weighted by Gasteiger charge is 2.44. The van der Waals surface area contributed by atoms with E-state index in [1.54, 1.807) is 54.6 Å².